The van der Waals surface area contributed by atoms with Gasteiger partial charge in [0, 0.05) is 53.7 Å². The summed E-state index contributed by atoms with van der Waals surface area (Å²) < 4.78 is 33.5. The summed E-state index contributed by atoms with van der Waals surface area (Å²) >= 11 is 0. The lowest BCUT2D eigenvalue weighted by Crippen LogP contribution is -2.53. The molecule has 1 spiro atoms. The highest BCUT2D eigenvalue weighted by Crippen LogP contribution is 2.60. The Morgan fingerprint density at radius 2 is 2.12 bits per heavy atom. The number of H-pyrrole nitrogens is 1. The van der Waals surface area contributed by atoms with Gasteiger partial charge in [0.05, 0.1) is 7.11 Å². The number of aromatic carboxylic acids is 1. The molecule has 0 unspecified atom stereocenters. The third kappa shape index (κ3) is 3.77. The Labute approximate surface area is 195 Å². The molecule has 180 valence electrons. The Kier molecular flexibility index (Phi) is 5.27. The number of nitrogens with zero attached hydrogens (tertiary/aromatic N) is 2. The van der Waals surface area contributed by atoms with E-state index in [1.54, 1.807) is 13.2 Å². The zero-order valence-electron chi connectivity index (χ0n) is 19.2. The maximum Gasteiger partial charge on any atom is 0.354 e. The minimum Gasteiger partial charge on any atom is -0.496 e. The second kappa shape index (κ2) is 7.94. The Hall–Kier alpha value is -3.20. The molecule has 1 saturated carbocycles. The fourth-order valence-corrected chi connectivity index (χ4v) is 5.91. The Morgan fingerprint density at radius 1 is 1.35 bits per heavy atom. The second-order valence-electron chi connectivity index (χ2n) is 9.77. The molecule has 1 saturated heterocycles. The van der Waals surface area contributed by atoms with Gasteiger partial charge in [0.1, 0.15) is 11.6 Å². The number of piperidine rings is 1. The lowest BCUT2D eigenvalue weighted by atomic mass is 9.59. The fourth-order valence-electron chi connectivity index (χ4n) is 5.91. The van der Waals surface area contributed by atoms with Gasteiger partial charge in [0.15, 0.2) is 5.69 Å². The van der Waals surface area contributed by atoms with Crippen LogP contribution in [0.2, 0.25) is 0 Å². The van der Waals surface area contributed by atoms with Crippen LogP contribution in [0.4, 0.5) is 14.6 Å². The standard InChI is InChI=1S/C25H28F2N4O3/c1-14-9-20(34-2)17(15-5-7-29-21(14)15)11-31-8-6-24(12-25(26,27)13-24)10-19(31)16-3-4-18(23(32)33)30-22(16)28/h3-5,7,9,19,29H,6,8,10-13H2,1-2H3,(H2,28,30)(H,32,33)/t19-/m0/s1. The summed E-state index contributed by atoms with van der Waals surface area (Å²) in [6.07, 6.45) is 2.84. The van der Waals surface area contributed by atoms with Gasteiger partial charge in [-0.15, -0.1) is 0 Å². The summed E-state index contributed by atoms with van der Waals surface area (Å²) in [6, 6.07) is 6.86. The molecule has 1 aliphatic heterocycles. The zero-order chi connectivity index (χ0) is 24.3. The monoisotopic (exact) mass is 470 g/mol. The van der Waals surface area contributed by atoms with Crippen molar-refractivity contribution in [3.05, 3.63) is 52.8 Å². The van der Waals surface area contributed by atoms with Gasteiger partial charge in [0.25, 0.3) is 0 Å². The number of hydrogen-bond donors (Lipinski definition) is 3. The number of aromatic nitrogens is 2. The van der Waals surface area contributed by atoms with E-state index in [0.717, 1.165) is 27.8 Å². The highest BCUT2D eigenvalue weighted by molar-refractivity contribution is 5.88. The van der Waals surface area contributed by atoms with Crippen molar-refractivity contribution in [2.24, 2.45) is 5.41 Å². The van der Waals surface area contributed by atoms with Crippen molar-refractivity contribution in [1.82, 2.24) is 14.9 Å². The van der Waals surface area contributed by atoms with Crippen molar-refractivity contribution in [2.45, 2.75) is 51.1 Å². The molecule has 0 radical (unpaired) electrons. The lowest BCUT2D eigenvalue weighted by Gasteiger charge is -2.54. The first-order valence-corrected chi connectivity index (χ1v) is 11.4. The molecule has 4 N–H and O–H groups in total. The number of anilines is 1. The number of pyridine rings is 1. The van der Waals surface area contributed by atoms with E-state index in [4.69, 9.17) is 10.5 Å². The number of nitrogen functional groups attached to an aromatic ring is 1. The third-order valence-electron chi connectivity index (χ3n) is 7.49. The number of hydrogen-bond acceptors (Lipinski definition) is 5. The minimum absolute atomic E-state index is 0.124. The number of nitrogens with two attached hydrogens (primary N) is 1. The van der Waals surface area contributed by atoms with Gasteiger partial charge >= 0.3 is 5.97 Å². The average molecular weight is 471 g/mol. The Bertz CT molecular complexity index is 1260. The topological polar surface area (TPSA) is 104 Å². The van der Waals surface area contributed by atoms with Crippen LogP contribution in [0.1, 0.15) is 58.9 Å². The normalized spacial score (nSPS) is 21.5. The molecule has 34 heavy (non-hydrogen) atoms. The van der Waals surface area contributed by atoms with E-state index in [1.165, 1.54) is 6.07 Å². The van der Waals surface area contributed by atoms with Crippen LogP contribution in [0.3, 0.4) is 0 Å². The number of likely N-dealkylation sites (tertiary alicyclic amines) is 1. The number of benzene rings is 1. The van der Waals surface area contributed by atoms with Crippen LogP contribution in [0.15, 0.2) is 30.5 Å². The highest BCUT2D eigenvalue weighted by Gasteiger charge is 2.58. The first-order chi connectivity index (χ1) is 16.1. The maximum atomic E-state index is 13.9. The number of carboxylic acid groups (broad SMARTS) is 1. The number of halogens is 2. The molecule has 1 aliphatic carbocycles. The van der Waals surface area contributed by atoms with Crippen LogP contribution in [-0.4, -0.2) is 45.5 Å². The van der Waals surface area contributed by atoms with Crippen molar-refractivity contribution >= 4 is 22.7 Å². The number of aromatic amines is 1. The minimum atomic E-state index is -2.62. The summed E-state index contributed by atoms with van der Waals surface area (Å²) in [5.41, 5.74) is 9.44. The Morgan fingerprint density at radius 3 is 2.76 bits per heavy atom. The van der Waals surface area contributed by atoms with Crippen molar-refractivity contribution in [3.8, 4) is 5.75 Å². The molecule has 1 aromatic carbocycles. The number of nitrogens with one attached hydrogen (secondary N) is 1. The van der Waals surface area contributed by atoms with E-state index in [1.807, 2.05) is 25.3 Å². The summed E-state index contributed by atoms with van der Waals surface area (Å²) in [6.45, 7) is 3.17. The zero-order valence-corrected chi connectivity index (χ0v) is 19.2. The molecule has 0 bridgehead atoms. The van der Waals surface area contributed by atoms with Gasteiger partial charge in [-0.25, -0.2) is 18.6 Å². The van der Waals surface area contributed by atoms with Crippen molar-refractivity contribution in [1.29, 1.82) is 0 Å². The molecule has 2 aliphatic rings. The van der Waals surface area contributed by atoms with Gasteiger partial charge in [-0.1, -0.05) is 6.07 Å². The summed E-state index contributed by atoms with van der Waals surface area (Å²) in [4.78, 5) is 20.9. The molecule has 3 aromatic rings. The van der Waals surface area contributed by atoms with Gasteiger partial charge < -0.3 is 20.6 Å². The maximum absolute atomic E-state index is 13.9. The number of fused-ring (bicyclic) bond motifs is 1. The molecular formula is C25H28F2N4O3. The van der Waals surface area contributed by atoms with E-state index in [2.05, 4.69) is 14.9 Å². The number of alkyl halides is 2. The van der Waals surface area contributed by atoms with Crippen molar-refractivity contribution in [3.63, 3.8) is 0 Å². The second-order valence-corrected chi connectivity index (χ2v) is 9.77. The predicted molar refractivity (Wildman–Crippen MR) is 124 cm³/mol. The number of carboxylic acids is 1. The van der Waals surface area contributed by atoms with E-state index in [0.29, 0.717) is 31.5 Å². The van der Waals surface area contributed by atoms with E-state index in [9.17, 15) is 18.7 Å². The molecular weight excluding hydrogens is 442 g/mol. The molecule has 3 heterocycles. The van der Waals surface area contributed by atoms with Crippen molar-refractivity contribution in [2.75, 3.05) is 19.4 Å². The van der Waals surface area contributed by atoms with Gasteiger partial charge in [-0.2, -0.15) is 0 Å². The van der Waals surface area contributed by atoms with Crippen LogP contribution in [0.25, 0.3) is 10.9 Å². The van der Waals surface area contributed by atoms with Crippen LogP contribution in [0.5, 0.6) is 5.75 Å². The molecule has 2 aromatic heterocycles. The molecule has 5 rings (SSSR count). The quantitative estimate of drug-likeness (QED) is 0.489. The van der Waals surface area contributed by atoms with Gasteiger partial charge in [-0.05, 0) is 55.5 Å². The smallest absolute Gasteiger partial charge is 0.354 e. The molecule has 9 heteroatoms. The Balaban J connectivity index is 1.54. The molecule has 1 atom stereocenters. The summed E-state index contributed by atoms with van der Waals surface area (Å²) in [5.74, 6) is -2.89. The lowest BCUT2D eigenvalue weighted by molar-refractivity contribution is -0.186. The largest absolute Gasteiger partial charge is 0.496 e. The van der Waals surface area contributed by atoms with E-state index < -0.39 is 17.3 Å². The molecule has 7 nitrogen and oxygen atoms in total. The predicted octanol–water partition coefficient (Wildman–Crippen LogP) is 4.91. The fraction of sp³-hybridized carbons (Fsp3) is 0.440. The average Bonchev–Trinajstić information content (AvgIpc) is 3.26. The van der Waals surface area contributed by atoms with Crippen LogP contribution >= 0.6 is 0 Å². The van der Waals surface area contributed by atoms with Crippen molar-refractivity contribution < 1.29 is 23.4 Å². The number of rotatable bonds is 5. The summed E-state index contributed by atoms with van der Waals surface area (Å²) in [7, 11) is 1.64. The van der Waals surface area contributed by atoms with E-state index >= 15 is 0 Å². The van der Waals surface area contributed by atoms with Gasteiger partial charge in [-0.3, -0.25) is 4.90 Å². The third-order valence-corrected chi connectivity index (χ3v) is 7.49. The highest BCUT2D eigenvalue weighted by atomic mass is 19.3. The van der Waals surface area contributed by atoms with E-state index in [-0.39, 0.29) is 30.4 Å². The first-order valence-electron chi connectivity index (χ1n) is 11.4. The molecule has 0 amide bonds. The SMILES string of the molecule is COc1cc(C)c2[nH]ccc2c1CN1CCC2(C[C@H]1c1ccc(C(=O)O)nc1N)CC(F)(F)C2. The molecule has 2 fully saturated rings. The van der Waals surface area contributed by atoms with Crippen LogP contribution in [-0.2, 0) is 6.54 Å². The first kappa shape index (κ1) is 22.6. The summed E-state index contributed by atoms with van der Waals surface area (Å²) in [5, 5.41) is 10.3. The van der Waals surface area contributed by atoms with Crippen LogP contribution < -0.4 is 10.5 Å². The van der Waals surface area contributed by atoms with Gasteiger partial charge in [0.2, 0.25) is 5.92 Å². The number of aryl methyl sites for hydroxylation is 1. The number of ether oxygens (including phenoxy) is 1. The van der Waals surface area contributed by atoms with Crippen LogP contribution in [0, 0.1) is 12.3 Å². The number of carbonyl (C=O) groups is 1. The number of methoxy groups -OCH3 is 1.